The van der Waals surface area contributed by atoms with Gasteiger partial charge in [0.15, 0.2) is 0 Å². The third-order valence-electron chi connectivity index (χ3n) is 8.31. The molecule has 1 unspecified atom stereocenters. The molecule has 0 aliphatic heterocycles. The summed E-state index contributed by atoms with van der Waals surface area (Å²) in [7, 11) is 0. The van der Waals surface area contributed by atoms with Gasteiger partial charge in [-0.15, -0.1) is 0 Å². The molecule has 5 nitrogen and oxygen atoms in total. The van der Waals surface area contributed by atoms with Gasteiger partial charge in [0.1, 0.15) is 0 Å². The van der Waals surface area contributed by atoms with Crippen LogP contribution in [-0.4, -0.2) is 36.9 Å². The smallest absolute Gasteiger partial charge is 0.330 e. The summed E-state index contributed by atoms with van der Waals surface area (Å²) in [5.74, 6) is -0.985. The van der Waals surface area contributed by atoms with Crippen LogP contribution in [0.15, 0.2) is 36.0 Å². The van der Waals surface area contributed by atoms with Crippen molar-refractivity contribution < 1.29 is 24.2 Å². The number of unbranched alkanes of at least 4 members (excludes halogenated alkanes) is 17. The SMILES string of the molecule is CCCCC/C=C\C/C=C\CCCCCCCC(=O)OCC(CO)COC(=O)/C=C(\CCCCCCC)CCCCCCCC. The summed E-state index contributed by atoms with van der Waals surface area (Å²) in [4.78, 5) is 24.8. The van der Waals surface area contributed by atoms with E-state index in [9.17, 15) is 14.7 Å². The highest BCUT2D eigenvalue weighted by molar-refractivity contribution is 5.82. The number of esters is 2. The molecule has 0 heterocycles. The first kappa shape index (κ1) is 43.1. The van der Waals surface area contributed by atoms with Crippen LogP contribution >= 0.6 is 0 Å². The van der Waals surface area contributed by atoms with E-state index in [4.69, 9.17) is 9.47 Å². The summed E-state index contributed by atoms with van der Waals surface area (Å²) < 4.78 is 10.9. The zero-order chi connectivity index (χ0) is 33.1. The Hall–Kier alpha value is -1.88. The topological polar surface area (TPSA) is 72.8 Å². The molecule has 0 aliphatic carbocycles. The number of allylic oxidation sites excluding steroid dienone is 5. The van der Waals surface area contributed by atoms with Gasteiger partial charge in [-0.2, -0.15) is 0 Å². The van der Waals surface area contributed by atoms with Crippen LogP contribution in [0.25, 0.3) is 0 Å². The minimum Gasteiger partial charge on any atom is -0.465 e. The highest BCUT2D eigenvalue weighted by atomic mass is 16.5. The summed E-state index contributed by atoms with van der Waals surface area (Å²) >= 11 is 0. The van der Waals surface area contributed by atoms with Gasteiger partial charge in [0.05, 0.1) is 25.7 Å². The van der Waals surface area contributed by atoms with E-state index in [0.717, 1.165) is 57.8 Å². The zero-order valence-electron chi connectivity index (χ0n) is 29.8. The molecule has 262 valence electrons. The van der Waals surface area contributed by atoms with E-state index >= 15 is 0 Å². The van der Waals surface area contributed by atoms with E-state index in [-0.39, 0.29) is 31.8 Å². The number of aliphatic hydroxyl groups excluding tert-OH is 1. The summed E-state index contributed by atoms with van der Waals surface area (Å²) in [6, 6.07) is 0. The Labute approximate surface area is 278 Å². The molecule has 0 saturated carbocycles. The maximum absolute atomic E-state index is 12.6. The molecule has 5 heteroatoms. The molecule has 0 fully saturated rings. The van der Waals surface area contributed by atoms with Gasteiger partial charge in [0.25, 0.3) is 0 Å². The van der Waals surface area contributed by atoms with Gasteiger partial charge in [-0.25, -0.2) is 4.79 Å². The highest BCUT2D eigenvalue weighted by Gasteiger charge is 2.14. The Bertz CT molecular complexity index is 754. The lowest BCUT2D eigenvalue weighted by Crippen LogP contribution is -2.23. The van der Waals surface area contributed by atoms with Crippen LogP contribution in [-0.2, 0) is 19.1 Å². The molecule has 0 aliphatic rings. The minimum atomic E-state index is -0.396. The standard InChI is InChI=1S/C40H72O5/c1-4-7-10-13-15-16-17-18-19-20-21-22-23-26-29-32-39(42)44-35-38(34-41)36-45-40(43)33-37(30-27-24-12-9-6-3)31-28-25-14-11-8-5-2/h15-16,18-19,33,38,41H,4-14,17,20-32,34-36H2,1-3H3/b16-15-,19-18-,37-33+. The predicted molar refractivity (Wildman–Crippen MR) is 191 cm³/mol. The van der Waals surface area contributed by atoms with Crippen molar-refractivity contribution in [2.75, 3.05) is 19.8 Å². The Kier molecular flexibility index (Phi) is 33.5. The van der Waals surface area contributed by atoms with Gasteiger partial charge in [-0.1, -0.05) is 141 Å². The summed E-state index contributed by atoms with van der Waals surface area (Å²) in [6.07, 6.45) is 39.1. The van der Waals surface area contributed by atoms with E-state index in [0.29, 0.717) is 6.42 Å². The van der Waals surface area contributed by atoms with Gasteiger partial charge >= 0.3 is 11.9 Å². The molecule has 1 N–H and O–H groups in total. The second-order valence-corrected chi connectivity index (χ2v) is 12.8. The van der Waals surface area contributed by atoms with Crippen molar-refractivity contribution in [2.45, 2.75) is 181 Å². The molecule has 45 heavy (non-hydrogen) atoms. The summed E-state index contributed by atoms with van der Waals surface area (Å²) in [5, 5.41) is 9.74. The van der Waals surface area contributed by atoms with Crippen LogP contribution < -0.4 is 0 Å². The third-order valence-corrected chi connectivity index (χ3v) is 8.31. The number of rotatable bonds is 33. The Morgan fingerprint density at radius 2 is 1.00 bits per heavy atom. The molecule has 0 rings (SSSR count). The summed E-state index contributed by atoms with van der Waals surface area (Å²) in [6.45, 7) is 6.64. The maximum Gasteiger partial charge on any atom is 0.330 e. The Balaban J connectivity index is 4.15. The average Bonchev–Trinajstić information content (AvgIpc) is 3.04. The van der Waals surface area contributed by atoms with Crippen molar-refractivity contribution in [1.82, 2.24) is 0 Å². The zero-order valence-corrected chi connectivity index (χ0v) is 29.8. The van der Waals surface area contributed by atoms with Crippen LogP contribution in [0.1, 0.15) is 181 Å². The first-order valence-electron chi connectivity index (χ1n) is 19.0. The first-order chi connectivity index (χ1) is 22.1. The number of carbonyl (C=O) groups is 2. The normalized spacial score (nSPS) is 12.8. The first-order valence-corrected chi connectivity index (χ1v) is 19.0. The predicted octanol–water partition coefficient (Wildman–Crippen LogP) is 11.5. The highest BCUT2D eigenvalue weighted by Crippen LogP contribution is 2.19. The Morgan fingerprint density at radius 1 is 0.556 bits per heavy atom. The van der Waals surface area contributed by atoms with Crippen molar-refractivity contribution >= 4 is 11.9 Å². The number of hydrogen-bond donors (Lipinski definition) is 1. The molecule has 0 spiro atoms. The van der Waals surface area contributed by atoms with Crippen molar-refractivity contribution in [2.24, 2.45) is 5.92 Å². The van der Waals surface area contributed by atoms with Crippen molar-refractivity contribution in [3.05, 3.63) is 36.0 Å². The van der Waals surface area contributed by atoms with E-state index in [2.05, 4.69) is 45.1 Å². The number of hydrogen-bond acceptors (Lipinski definition) is 5. The molecule has 1 atom stereocenters. The molecule has 0 radical (unpaired) electrons. The van der Waals surface area contributed by atoms with Crippen LogP contribution in [0, 0.1) is 5.92 Å². The lowest BCUT2D eigenvalue weighted by molar-refractivity contribution is -0.147. The lowest BCUT2D eigenvalue weighted by Gasteiger charge is -2.15. The molecule has 0 aromatic rings. The summed E-state index contributed by atoms with van der Waals surface area (Å²) in [5.41, 5.74) is 1.18. The van der Waals surface area contributed by atoms with Crippen molar-refractivity contribution in [1.29, 1.82) is 0 Å². The van der Waals surface area contributed by atoms with Gasteiger partial charge in [-0.05, 0) is 64.2 Å². The number of aliphatic hydroxyl groups is 1. The third kappa shape index (κ3) is 31.9. The molecule has 0 saturated heterocycles. The fourth-order valence-electron chi connectivity index (χ4n) is 5.28. The maximum atomic E-state index is 12.6. The minimum absolute atomic E-state index is 0.0591. The van der Waals surface area contributed by atoms with E-state index in [1.807, 2.05) is 0 Å². The second kappa shape index (κ2) is 35.0. The molecule has 0 aromatic heterocycles. The molecule has 0 aromatic carbocycles. The van der Waals surface area contributed by atoms with Crippen molar-refractivity contribution in [3.8, 4) is 0 Å². The van der Waals surface area contributed by atoms with Gasteiger partial charge in [-0.3, -0.25) is 4.79 Å². The van der Waals surface area contributed by atoms with Gasteiger partial charge < -0.3 is 14.6 Å². The van der Waals surface area contributed by atoms with Crippen LogP contribution in [0.3, 0.4) is 0 Å². The van der Waals surface area contributed by atoms with Crippen LogP contribution in [0.2, 0.25) is 0 Å². The monoisotopic (exact) mass is 633 g/mol. The lowest BCUT2D eigenvalue weighted by atomic mass is 9.99. The average molecular weight is 633 g/mol. The van der Waals surface area contributed by atoms with E-state index in [1.165, 1.54) is 102 Å². The number of carbonyl (C=O) groups excluding carboxylic acids is 2. The molecular weight excluding hydrogens is 560 g/mol. The van der Waals surface area contributed by atoms with E-state index in [1.54, 1.807) is 6.08 Å². The second-order valence-electron chi connectivity index (χ2n) is 12.8. The fourth-order valence-corrected chi connectivity index (χ4v) is 5.28. The van der Waals surface area contributed by atoms with E-state index < -0.39 is 5.92 Å². The number of ether oxygens (including phenoxy) is 2. The molecular formula is C40H72O5. The fraction of sp³-hybridized carbons (Fsp3) is 0.800. The van der Waals surface area contributed by atoms with Gasteiger partial charge in [0.2, 0.25) is 0 Å². The molecule has 0 amide bonds. The van der Waals surface area contributed by atoms with Crippen molar-refractivity contribution in [3.63, 3.8) is 0 Å². The van der Waals surface area contributed by atoms with Crippen LogP contribution in [0.4, 0.5) is 0 Å². The molecule has 0 bridgehead atoms. The van der Waals surface area contributed by atoms with Gasteiger partial charge in [0, 0.05) is 12.5 Å². The largest absolute Gasteiger partial charge is 0.465 e. The van der Waals surface area contributed by atoms with Crippen LogP contribution in [0.5, 0.6) is 0 Å². The quantitative estimate of drug-likeness (QED) is 0.0337. The Morgan fingerprint density at radius 3 is 1.56 bits per heavy atom.